The molecule has 2 aliphatic heterocycles. The average Bonchev–Trinajstić information content (AvgIpc) is 3.45. The summed E-state index contributed by atoms with van der Waals surface area (Å²) in [6.07, 6.45) is -0.112. The number of hydroxylamine groups is 1. The molecule has 0 radical (unpaired) electrons. The number of carbonyl (C=O) groups excluding carboxylic acids is 2. The van der Waals surface area contributed by atoms with Crippen LogP contribution in [0.4, 0.5) is 11.4 Å². The number of hydrogen-bond donors (Lipinski definition) is 0. The average molecular weight is 517 g/mol. The second-order valence-corrected chi connectivity index (χ2v) is 9.06. The van der Waals surface area contributed by atoms with E-state index in [0.29, 0.717) is 42.8 Å². The zero-order chi connectivity index (χ0) is 26.6. The Morgan fingerprint density at radius 2 is 1.47 bits per heavy atom. The summed E-state index contributed by atoms with van der Waals surface area (Å²) in [5.74, 6) is 0.187. The van der Waals surface area contributed by atoms with Crippen molar-refractivity contribution in [2.45, 2.75) is 39.3 Å². The molecule has 2 aliphatic rings. The van der Waals surface area contributed by atoms with E-state index in [1.807, 2.05) is 75.4 Å². The first-order valence-electron chi connectivity index (χ1n) is 13.1. The lowest BCUT2D eigenvalue weighted by Crippen LogP contribution is -2.37. The minimum absolute atomic E-state index is 0.333. The summed E-state index contributed by atoms with van der Waals surface area (Å²) < 4.78 is 17.5. The van der Waals surface area contributed by atoms with E-state index in [0.717, 1.165) is 17.7 Å². The Kier molecular flexibility index (Phi) is 7.51. The number of ether oxygens (including phenoxy) is 3. The summed E-state index contributed by atoms with van der Waals surface area (Å²) in [7, 11) is 0. The minimum Gasteiger partial charge on any atom is -0.492 e. The third-order valence-corrected chi connectivity index (χ3v) is 6.60. The summed E-state index contributed by atoms with van der Waals surface area (Å²) in [6.45, 7) is 7.25. The van der Waals surface area contributed by atoms with Crippen LogP contribution < -0.4 is 24.2 Å². The van der Waals surface area contributed by atoms with Gasteiger partial charge in [0, 0.05) is 0 Å². The van der Waals surface area contributed by atoms with Gasteiger partial charge in [-0.05, 0) is 62.2 Å². The molecular formula is C30H32N2O6. The van der Waals surface area contributed by atoms with Crippen molar-refractivity contribution in [2.24, 2.45) is 5.92 Å². The highest BCUT2D eigenvalue weighted by Gasteiger charge is 2.60. The first kappa shape index (κ1) is 25.6. The molecule has 0 aromatic heterocycles. The maximum absolute atomic E-state index is 14.0. The maximum atomic E-state index is 14.0. The number of amides is 2. The van der Waals surface area contributed by atoms with Gasteiger partial charge in [-0.2, -0.15) is 0 Å². The topological polar surface area (TPSA) is 77.5 Å². The molecule has 2 amide bonds. The number of anilines is 2. The van der Waals surface area contributed by atoms with Gasteiger partial charge in [0.05, 0.1) is 37.2 Å². The minimum atomic E-state index is -0.978. The molecular weight excluding hydrogens is 484 g/mol. The highest BCUT2D eigenvalue weighted by Crippen LogP contribution is 2.49. The fourth-order valence-corrected chi connectivity index (χ4v) is 5.02. The van der Waals surface area contributed by atoms with Crippen LogP contribution in [0.5, 0.6) is 17.2 Å². The van der Waals surface area contributed by atoms with Crippen molar-refractivity contribution in [1.82, 2.24) is 0 Å². The molecule has 8 nitrogen and oxygen atoms in total. The largest absolute Gasteiger partial charge is 0.492 e. The van der Waals surface area contributed by atoms with E-state index in [-0.39, 0.29) is 5.91 Å². The molecule has 2 fully saturated rings. The highest BCUT2D eigenvalue weighted by molar-refractivity contribution is 6.24. The summed E-state index contributed by atoms with van der Waals surface area (Å²) in [4.78, 5) is 35.2. The Labute approximate surface area is 222 Å². The number of carbonyl (C=O) groups is 2. The second-order valence-electron chi connectivity index (χ2n) is 9.06. The van der Waals surface area contributed by atoms with E-state index in [1.54, 1.807) is 23.3 Å². The van der Waals surface area contributed by atoms with Crippen LogP contribution in [-0.2, 0) is 14.4 Å². The molecule has 3 aromatic rings. The van der Waals surface area contributed by atoms with Crippen molar-refractivity contribution >= 4 is 23.2 Å². The van der Waals surface area contributed by atoms with Crippen LogP contribution in [0.2, 0.25) is 0 Å². The van der Waals surface area contributed by atoms with Crippen LogP contribution >= 0.6 is 0 Å². The fraction of sp³-hybridized carbons (Fsp3) is 0.333. The normalized spacial score (nSPS) is 20.6. The zero-order valence-corrected chi connectivity index (χ0v) is 21.8. The second kappa shape index (κ2) is 11.1. The molecule has 0 bridgehead atoms. The standard InChI is InChI=1S/C30H32N2O6/c1-4-18-37-24-17-16-20(19-25(24)36-6-3)27-26-28(38-32(27)21-12-8-7-9-13-21)30(34)31(29(26)33)22-14-10-11-15-23(22)35-5-2/h7-17,19,26-28H,4-6,18H2,1-3H3/t26-,27-,28-/m0/s1. The van der Waals surface area contributed by atoms with Crippen molar-refractivity contribution in [3.05, 3.63) is 78.4 Å². The molecule has 38 heavy (non-hydrogen) atoms. The molecule has 3 atom stereocenters. The Balaban J connectivity index is 1.58. The number of benzene rings is 3. The first-order chi connectivity index (χ1) is 18.6. The number of imide groups is 1. The summed E-state index contributed by atoms with van der Waals surface area (Å²) in [5.41, 5.74) is 1.96. The lowest BCUT2D eigenvalue weighted by Gasteiger charge is -2.29. The smallest absolute Gasteiger partial charge is 0.266 e. The Morgan fingerprint density at radius 3 is 2.21 bits per heavy atom. The molecule has 2 saturated heterocycles. The summed E-state index contributed by atoms with van der Waals surface area (Å²) in [6, 6.07) is 21.6. The van der Waals surface area contributed by atoms with Crippen molar-refractivity contribution in [1.29, 1.82) is 0 Å². The Morgan fingerprint density at radius 1 is 0.763 bits per heavy atom. The van der Waals surface area contributed by atoms with Crippen molar-refractivity contribution in [3.63, 3.8) is 0 Å². The SMILES string of the molecule is CCCOc1ccc([C@H]2[C@@H]3C(=O)N(c4ccccc4OCC)C(=O)[C@H]3ON2c2ccccc2)cc1OCC. The van der Waals surface area contributed by atoms with Gasteiger partial charge in [0.2, 0.25) is 5.91 Å². The number of nitrogens with zero attached hydrogens (tertiary/aromatic N) is 2. The number of fused-ring (bicyclic) bond motifs is 1. The van der Waals surface area contributed by atoms with Gasteiger partial charge < -0.3 is 14.2 Å². The van der Waals surface area contributed by atoms with Crippen LogP contribution in [0, 0.1) is 5.92 Å². The molecule has 0 saturated carbocycles. The van der Waals surface area contributed by atoms with Gasteiger partial charge in [-0.15, -0.1) is 0 Å². The van der Waals surface area contributed by atoms with Gasteiger partial charge in [-0.25, -0.2) is 9.96 Å². The molecule has 2 heterocycles. The summed E-state index contributed by atoms with van der Waals surface area (Å²) in [5, 5.41) is 1.68. The quantitative estimate of drug-likeness (QED) is 0.337. The lowest BCUT2D eigenvalue weighted by atomic mass is 9.90. The van der Waals surface area contributed by atoms with E-state index in [2.05, 4.69) is 0 Å². The van der Waals surface area contributed by atoms with E-state index < -0.39 is 24.0 Å². The van der Waals surface area contributed by atoms with Gasteiger partial charge in [-0.1, -0.05) is 43.3 Å². The molecule has 8 heteroatoms. The predicted molar refractivity (Wildman–Crippen MR) is 144 cm³/mol. The molecule has 198 valence electrons. The van der Waals surface area contributed by atoms with Crippen molar-refractivity contribution in [3.8, 4) is 17.2 Å². The van der Waals surface area contributed by atoms with Crippen LogP contribution in [0.1, 0.15) is 38.8 Å². The monoisotopic (exact) mass is 516 g/mol. The van der Waals surface area contributed by atoms with Crippen molar-refractivity contribution in [2.75, 3.05) is 29.8 Å². The molecule has 0 aliphatic carbocycles. The molecule has 3 aromatic carbocycles. The molecule has 5 rings (SSSR count). The maximum Gasteiger partial charge on any atom is 0.266 e. The van der Waals surface area contributed by atoms with E-state index >= 15 is 0 Å². The lowest BCUT2D eigenvalue weighted by molar-refractivity contribution is -0.126. The third-order valence-electron chi connectivity index (χ3n) is 6.60. The molecule has 0 unspecified atom stereocenters. The van der Waals surface area contributed by atoms with Crippen LogP contribution in [0.15, 0.2) is 72.8 Å². The van der Waals surface area contributed by atoms with Crippen LogP contribution in [0.3, 0.4) is 0 Å². The van der Waals surface area contributed by atoms with Gasteiger partial charge in [0.1, 0.15) is 11.7 Å². The zero-order valence-electron chi connectivity index (χ0n) is 21.8. The number of hydrogen-bond acceptors (Lipinski definition) is 7. The van der Waals surface area contributed by atoms with Gasteiger partial charge >= 0.3 is 0 Å². The van der Waals surface area contributed by atoms with Crippen molar-refractivity contribution < 1.29 is 28.6 Å². The third kappa shape index (κ3) is 4.56. The van der Waals surface area contributed by atoms with Gasteiger partial charge in [0.15, 0.2) is 17.6 Å². The van der Waals surface area contributed by atoms with Crippen LogP contribution in [0.25, 0.3) is 0 Å². The molecule has 0 spiro atoms. The number of rotatable bonds is 10. The van der Waals surface area contributed by atoms with E-state index in [1.165, 1.54) is 4.90 Å². The number of para-hydroxylation sites is 3. The first-order valence-corrected chi connectivity index (χ1v) is 13.1. The van der Waals surface area contributed by atoms with Gasteiger partial charge in [0.25, 0.3) is 5.91 Å². The van der Waals surface area contributed by atoms with Crippen LogP contribution in [-0.4, -0.2) is 37.7 Å². The highest BCUT2D eigenvalue weighted by atomic mass is 16.7. The Bertz CT molecular complexity index is 1300. The van der Waals surface area contributed by atoms with E-state index in [4.69, 9.17) is 19.0 Å². The Hall–Kier alpha value is -4.04. The van der Waals surface area contributed by atoms with E-state index in [9.17, 15) is 9.59 Å². The predicted octanol–water partition coefficient (Wildman–Crippen LogP) is 5.32. The summed E-state index contributed by atoms with van der Waals surface area (Å²) >= 11 is 0. The van der Waals surface area contributed by atoms with Gasteiger partial charge in [-0.3, -0.25) is 14.4 Å². The molecule has 0 N–H and O–H groups in total. The fourth-order valence-electron chi connectivity index (χ4n) is 5.02.